The molecule has 268 valence electrons. The van der Waals surface area contributed by atoms with Crippen LogP contribution in [0.3, 0.4) is 0 Å². The lowest BCUT2D eigenvalue weighted by Gasteiger charge is -2.60. The average Bonchev–Trinajstić information content (AvgIpc) is 3.56. The van der Waals surface area contributed by atoms with E-state index in [0.717, 1.165) is 36.0 Å². The molecule has 3 N–H and O–H groups in total. The fraction of sp³-hybridized carbons (Fsp3) is 0.568. The first kappa shape index (κ1) is 35.3. The fourth-order valence-corrected chi connectivity index (χ4v) is 8.58. The summed E-state index contributed by atoms with van der Waals surface area (Å²) in [7, 11) is 3.50. The summed E-state index contributed by atoms with van der Waals surface area (Å²) < 4.78 is 23.5. The Hall–Kier alpha value is -4.54. The first-order valence-electron chi connectivity index (χ1n) is 17.4. The molecule has 1 fully saturated rings. The van der Waals surface area contributed by atoms with Crippen LogP contribution in [-0.2, 0) is 27.2 Å². The van der Waals surface area contributed by atoms with Gasteiger partial charge in [0.05, 0.1) is 25.3 Å². The zero-order valence-electron chi connectivity index (χ0n) is 29.8. The molecule has 1 unspecified atom stereocenters. The number of aryl methyl sites for hydroxylation is 1. The number of unbranched alkanes of at least 4 members (excludes halogenated alkanes) is 2. The summed E-state index contributed by atoms with van der Waals surface area (Å²) in [6.07, 6.45) is 3.87. The molecule has 2 amide bonds. The summed E-state index contributed by atoms with van der Waals surface area (Å²) in [6.45, 7) is 8.79. The van der Waals surface area contributed by atoms with Gasteiger partial charge in [0.25, 0.3) is 0 Å². The number of carbonyl (C=O) groups excluding carboxylic acids is 3. The maximum Gasteiger partial charge on any atom is 0.308 e. The highest BCUT2D eigenvalue weighted by Crippen LogP contribution is 2.58. The molecular weight excluding hydrogens is 642 g/mol. The van der Waals surface area contributed by atoms with E-state index in [0.29, 0.717) is 59.0 Å². The molecule has 0 aromatic heterocycles. The van der Waals surface area contributed by atoms with Crippen molar-refractivity contribution in [2.45, 2.75) is 109 Å². The quantitative estimate of drug-likeness (QED) is 0.190. The van der Waals surface area contributed by atoms with Crippen molar-refractivity contribution in [3.63, 3.8) is 0 Å². The van der Waals surface area contributed by atoms with Gasteiger partial charge in [0, 0.05) is 54.2 Å². The summed E-state index contributed by atoms with van der Waals surface area (Å²) in [5.41, 5.74) is 4.50. The number of piperazine rings is 1. The van der Waals surface area contributed by atoms with E-state index in [4.69, 9.17) is 18.9 Å². The Kier molecular flexibility index (Phi) is 9.88. The summed E-state index contributed by atoms with van der Waals surface area (Å²) in [6, 6.07) is 1.55. The Morgan fingerprint density at radius 2 is 1.86 bits per heavy atom. The molecule has 13 heteroatoms. The third-order valence-corrected chi connectivity index (χ3v) is 10.8. The first-order chi connectivity index (χ1) is 23.9. The van der Waals surface area contributed by atoms with E-state index < -0.39 is 30.1 Å². The molecule has 4 aliphatic heterocycles. The summed E-state index contributed by atoms with van der Waals surface area (Å²) in [4.78, 5) is 42.9. The predicted molar refractivity (Wildman–Crippen MR) is 182 cm³/mol. The van der Waals surface area contributed by atoms with Crippen LogP contribution in [0.4, 0.5) is 0 Å². The molecular formula is C37H47N5O8. The van der Waals surface area contributed by atoms with Gasteiger partial charge in [-0.3, -0.25) is 24.2 Å². The van der Waals surface area contributed by atoms with E-state index in [-0.39, 0.29) is 43.0 Å². The van der Waals surface area contributed by atoms with Gasteiger partial charge in [-0.1, -0.05) is 25.8 Å². The van der Waals surface area contributed by atoms with E-state index in [2.05, 4.69) is 33.4 Å². The Balaban J connectivity index is 1.47. The number of nitrogens with one attached hydrogen (secondary N) is 2. The minimum absolute atomic E-state index is 0.0359. The third kappa shape index (κ3) is 5.88. The van der Waals surface area contributed by atoms with Crippen molar-refractivity contribution in [2.24, 2.45) is 0 Å². The number of nitriles is 1. The Bertz CT molecular complexity index is 1750. The monoisotopic (exact) mass is 689 g/mol. The fourth-order valence-electron chi connectivity index (χ4n) is 8.58. The minimum atomic E-state index is -0.791. The molecule has 6 rings (SSSR count). The van der Waals surface area contributed by atoms with Crippen LogP contribution < -0.4 is 29.6 Å². The Morgan fingerprint density at radius 3 is 2.54 bits per heavy atom. The van der Waals surface area contributed by atoms with Gasteiger partial charge in [-0.25, -0.2) is 0 Å². The number of hydrogen-bond acceptors (Lipinski definition) is 11. The Labute approximate surface area is 292 Å². The predicted octanol–water partition coefficient (Wildman–Crippen LogP) is 3.64. The normalized spacial score (nSPS) is 23.8. The first-order valence-corrected chi connectivity index (χ1v) is 17.4. The van der Waals surface area contributed by atoms with Gasteiger partial charge in [0.15, 0.2) is 23.0 Å². The van der Waals surface area contributed by atoms with E-state index in [1.165, 1.54) is 14.0 Å². The molecule has 1 saturated heterocycles. The van der Waals surface area contributed by atoms with Crippen LogP contribution in [0.1, 0.15) is 91.9 Å². The van der Waals surface area contributed by atoms with Crippen molar-refractivity contribution in [3.8, 4) is 34.8 Å². The molecule has 0 saturated carbocycles. The maximum atomic E-state index is 13.5. The lowest BCUT2D eigenvalue weighted by Crippen LogP contribution is -2.69. The van der Waals surface area contributed by atoms with Gasteiger partial charge >= 0.3 is 5.97 Å². The van der Waals surface area contributed by atoms with Crippen LogP contribution in [0.15, 0.2) is 6.07 Å². The lowest BCUT2D eigenvalue weighted by atomic mass is 9.71. The second-order valence-corrected chi connectivity index (χ2v) is 13.8. The second-order valence-electron chi connectivity index (χ2n) is 13.8. The molecule has 0 aliphatic carbocycles. The van der Waals surface area contributed by atoms with Crippen LogP contribution in [0, 0.1) is 25.2 Å². The number of nitrogens with zero attached hydrogens (tertiary/aromatic N) is 3. The standard InChI is InChI=1S/C37H47N5O8/c1-8-9-10-11-28(44)40-20(4)37(46)39-16-27-30-23(34(50-21(5)43)19(3)35-36(30)49-17-48-35)14-25-31-29-22(12-18(2)33(47-7)32(29)45)13-24(41(31)6)26(15-38)42(25)27/h12,20,24-27,31,45H,8-11,13-14,16-17H2,1-7H3,(H,39,46)(H,40,44)/t20-,24+,25?,26-,27-,31+/m0/s1. The largest absolute Gasteiger partial charge is 0.504 e. The number of amides is 2. The number of likely N-dealkylation sites (N-methyl/N-ethyl adjacent to an activating group) is 1. The second kappa shape index (κ2) is 14.0. The van der Waals surface area contributed by atoms with E-state index in [1.807, 2.05) is 27.0 Å². The number of ether oxygens (including phenoxy) is 4. The van der Waals surface area contributed by atoms with Gasteiger partial charge in [-0.2, -0.15) is 5.26 Å². The van der Waals surface area contributed by atoms with Crippen molar-refractivity contribution in [1.82, 2.24) is 20.4 Å². The number of hydrogen-bond donors (Lipinski definition) is 3. The van der Waals surface area contributed by atoms with Crippen LogP contribution in [-0.4, -0.2) is 84.4 Å². The molecule has 4 aliphatic rings. The van der Waals surface area contributed by atoms with Gasteiger partial charge in [0.1, 0.15) is 17.8 Å². The number of phenols is 1. The average molecular weight is 690 g/mol. The van der Waals surface area contributed by atoms with E-state index in [9.17, 15) is 24.8 Å². The van der Waals surface area contributed by atoms with Gasteiger partial charge < -0.3 is 34.7 Å². The number of esters is 1. The zero-order chi connectivity index (χ0) is 36.0. The Morgan fingerprint density at radius 1 is 1.12 bits per heavy atom. The summed E-state index contributed by atoms with van der Waals surface area (Å²) in [5, 5.41) is 28.4. The van der Waals surface area contributed by atoms with Crippen LogP contribution in [0.5, 0.6) is 28.7 Å². The highest BCUT2D eigenvalue weighted by Gasteiger charge is 2.57. The number of carbonyl (C=O) groups is 3. The van der Waals surface area contributed by atoms with Gasteiger partial charge in [0.2, 0.25) is 18.6 Å². The van der Waals surface area contributed by atoms with Crippen molar-refractivity contribution in [1.29, 1.82) is 5.26 Å². The van der Waals surface area contributed by atoms with Gasteiger partial charge in [-0.15, -0.1) is 0 Å². The topological polar surface area (TPSA) is 163 Å². The zero-order valence-corrected chi connectivity index (χ0v) is 29.8. The number of aromatic hydroxyl groups is 1. The molecule has 6 atom stereocenters. The number of rotatable bonds is 10. The van der Waals surface area contributed by atoms with Crippen molar-refractivity contribution < 1.29 is 38.4 Å². The van der Waals surface area contributed by atoms with Gasteiger partial charge in [-0.05, 0) is 58.2 Å². The summed E-state index contributed by atoms with van der Waals surface area (Å²) >= 11 is 0. The van der Waals surface area contributed by atoms with Crippen LogP contribution in [0.2, 0.25) is 0 Å². The SMILES string of the molecule is CCCCCC(=O)N[C@@H](C)C(=O)NC[C@H]1c2c(c(OC(C)=O)c(C)c3c2OCO3)CC2[C@@H]3c4c(cc(C)c(OC)c4O)C[C@H]([C@H](C#N)N21)N3C. The maximum absolute atomic E-state index is 13.5. The van der Waals surface area contributed by atoms with Crippen molar-refractivity contribution in [3.05, 3.63) is 39.4 Å². The molecule has 0 radical (unpaired) electrons. The minimum Gasteiger partial charge on any atom is -0.504 e. The van der Waals surface area contributed by atoms with Crippen molar-refractivity contribution >= 4 is 17.8 Å². The highest BCUT2D eigenvalue weighted by atomic mass is 16.7. The van der Waals surface area contributed by atoms with E-state index >= 15 is 0 Å². The summed E-state index contributed by atoms with van der Waals surface area (Å²) in [5.74, 6) is 0.712. The van der Waals surface area contributed by atoms with Crippen LogP contribution >= 0.6 is 0 Å². The highest BCUT2D eigenvalue weighted by molar-refractivity contribution is 5.87. The molecule has 50 heavy (non-hydrogen) atoms. The molecule has 2 aromatic rings. The number of benzene rings is 2. The number of methoxy groups -OCH3 is 1. The smallest absolute Gasteiger partial charge is 0.308 e. The molecule has 13 nitrogen and oxygen atoms in total. The number of fused-ring (bicyclic) bond motifs is 9. The molecule has 2 aromatic carbocycles. The molecule has 0 spiro atoms. The molecule has 2 bridgehead atoms. The number of phenolic OH excluding ortho intramolecular Hbond substituents is 1. The molecule has 4 heterocycles. The van der Waals surface area contributed by atoms with E-state index in [1.54, 1.807) is 6.92 Å². The lowest BCUT2D eigenvalue weighted by molar-refractivity contribution is -0.132. The van der Waals surface area contributed by atoms with Crippen molar-refractivity contribution in [2.75, 3.05) is 27.5 Å². The van der Waals surface area contributed by atoms with Crippen LogP contribution in [0.25, 0.3) is 0 Å². The third-order valence-electron chi connectivity index (χ3n) is 10.8.